The molecule has 0 bridgehead atoms. The highest BCUT2D eigenvalue weighted by Gasteiger charge is 2.09. The molecule has 30 heavy (non-hydrogen) atoms. The van der Waals surface area contributed by atoms with Crippen molar-refractivity contribution < 1.29 is 22.8 Å². The molecular weight excluding hydrogens is 378 g/mol. The summed E-state index contributed by atoms with van der Waals surface area (Å²) < 4.78 is 20.4. The Bertz CT molecular complexity index is 768. The maximum atomic E-state index is 10.3. The summed E-state index contributed by atoms with van der Waals surface area (Å²) in [5.74, 6) is -0.336. The zero-order chi connectivity index (χ0) is 23.2. The van der Waals surface area contributed by atoms with Gasteiger partial charge in [0.15, 0.2) is 0 Å². The Labute approximate surface area is 183 Å². The first kappa shape index (κ1) is 21.3. The molecule has 0 heterocycles. The number of phenols is 1. The molecule has 0 spiro atoms. The lowest BCUT2D eigenvalue weighted by atomic mass is 10.1. The minimum atomic E-state index is -2.65. The molecule has 2 aromatic carbocycles. The molecule has 166 valence electrons. The van der Waals surface area contributed by atoms with Crippen molar-refractivity contribution in [1.82, 2.24) is 5.32 Å². The van der Waals surface area contributed by atoms with Crippen molar-refractivity contribution in [2.24, 2.45) is 0 Å². The molecule has 2 aromatic rings. The predicted molar refractivity (Wildman–Crippen MR) is 121 cm³/mol. The molecule has 0 saturated carbocycles. The minimum Gasteiger partial charge on any atom is -0.508 e. The third-order valence-electron chi connectivity index (χ3n) is 5.10. The Morgan fingerprint density at radius 2 is 1.67 bits per heavy atom. The molecule has 0 saturated heterocycles. The summed E-state index contributed by atoms with van der Waals surface area (Å²) in [6, 6.07) is 14.6. The molecule has 5 heteroatoms. The van der Waals surface area contributed by atoms with E-state index in [1.807, 2.05) is 6.07 Å². The van der Waals surface area contributed by atoms with Gasteiger partial charge < -0.3 is 25.4 Å². The second-order valence-corrected chi connectivity index (χ2v) is 7.58. The number of benzene rings is 2. The van der Waals surface area contributed by atoms with E-state index >= 15 is 0 Å². The molecule has 5 nitrogen and oxygen atoms in total. The molecule has 1 atom stereocenters. The highest BCUT2D eigenvalue weighted by Crippen LogP contribution is 2.22. The highest BCUT2D eigenvalue weighted by atomic mass is 16.5. The number of aromatic hydroxyl groups is 1. The van der Waals surface area contributed by atoms with Crippen LogP contribution in [0.5, 0.6) is 5.75 Å². The van der Waals surface area contributed by atoms with Gasteiger partial charge in [-0.25, -0.2) is 0 Å². The number of aliphatic hydroxyl groups is 2. The lowest BCUT2D eigenvalue weighted by Crippen LogP contribution is -2.22. The first-order valence-electron chi connectivity index (χ1n) is 11.9. The van der Waals surface area contributed by atoms with Gasteiger partial charge in [-0.1, -0.05) is 49.2 Å². The summed E-state index contributed by atoms with van der Waals surface area (Å²) in [6.07, 6.45) is 6.77. The standard InChI is InChI=1S/C25H37NO4/c27-20-23-18-22(13-14-24(23)28)25(29)19-26-15-7-1-2-8-16-30-17-9-6-12-21-10-4-3-5-11-21/h3-5,10-11,13-14,18,25-29H,1-2,6-9,12,15-17,19-20H2/i20D2. The minimum absolute atomic E-state index is 0.243. The van der Waals surface area contributed by atoms with E-state index in [1.165, 1.54) is 23.8 Å². The van der Waals surface area contributed by atoms with E-state index in [0.717, 1.165) is 64.7 Å². The molecule has 0 radical (unpaired) electrons. The predicted octanol–water partition coefficient (Wildman–Crippen LogP) is 4.11. The van der Waals surface area contributed by atoms with E-state index in [0.29, 0.717) is 12.1 Å². The first-order valence-corrected chi connectivity index (χ1v) is 10.9. The monoisotopic (exact) mass is 417 g/mol. The van der Waals surface area contributed by atoms with E-state index < -0.39 is 12.7 Å². The van der Waals surface area contributed by atoms with Crippen LogP contribution < -0.4 is 5.32 Å². The van der Waals surface area contributed by atoms with Crippen molar-refractivity contribution in [2.75, 3.05) is 26.3 Å². The number of rotatable bonds is 16. The van der Waals surface area contributed by atoms with Crippen molar-refractivity contribution in [2.45, 2.75) is 57.6 Å². The lowest BCUT2D eigenvalue weighted by molar-refractivity contribution is 0.126. The van der Waals surface area contributed by atoms with E-state index in [1.54, 1.807) is 0 Å². The zero-order valence-electron chi connectivity index (χ0n) is 19.7. The summed E-state index contributed by atoms with van der Waals surface area (Å²) in [6.45, 7) is 0.0785. The maximum absolute atomic E-state index is 10.3. The first-order chi connectivity index (χ1) is 15.4. The Hall–Kier alpha value is -1.92. The number of hydrogen-bond donors (Lipinski definition) is 4. The van der Waals surface area contributed by atoms with Crippen molar-refractivity contribution in [3.8, 4) is 5.75 Å². The molecule has 2 rings (SSSR count). The number of unbranched alkanes of at least 4 members (excludes halogenated alkanes) is 4. The van der Waals surface area contributed by atoms with Crippen LogP contribution in [-0.2, 0) is 17.7 Å². The van der Waals surface area contributed by atoms with Gasteiger partial charge in [-0.2, -0.15) is 0 Å². The van der Waals surface area contributed by atoms with Crippen LogP contribution >= 0.6 is 0 Å². The quantitative estimate of drug-likeness (QED) is 0.309. The van der Waals surface area contributed by atoms with Crippen LogP contribution in [0.2, 0.25) is 0 Å². The number of aliphatic hydroxyl groups excluding tert-OH is 1. The van der Waals surface area contributed by atoms with Crippen LogP contribution in [0.4, 0.5) is 0 Å². The second-order valence-electron chi connectivity index (χ2n) is 7.58. The van der Waals surface area contributed by atoms with Crippen LogP contribution in [0, 0.1) is 0 Å². The van der Waals surface area contributed by atoms with Crippen LogP contribution in [0.1, 0.15) is 64.1 Å². The molecule has 4 N–H and O–H groups in total. The number of aryl methyl sites for hydroxylation is 1. The molecular formula is C25H37NO4. The maximum Gasteiger partial charge on any atom is 0.121 e. The fourth-order valence-electron chi connectivity index (χ4n) is 3.29. The lowest BCUT2D eigenvalue weighted by Gasteiger charge is -2.14. The molecule has 0 aliphatic rings. The van der Waals surface area contributed by atoms with Crippen LogP contribution in [0.3, 0.4) is 0 Å². The Morgan fingerprint density at radius 1 is 0.933 bits per heavy atom. The van der Waals surface area contributed by atoms with Crippen molar-refractivity contribution in [3.05, 3.63) is 65.2 Å². The third-order valence-corrected chi connectivity index (χ3v) is 5.10. The molecule has 0 aliphatic carbocycles. The summed E-state index contributed by atoms with van der Waals surface area (Å²) in [4.78, 5) is 0. The summed E-state index contributed by atoms with van der Waals surface area (Å²) >= 11 is 0. The van der Waals surface area contributed by atoms with Gasteiger partial charge in [0.1, 0.15) is 5.75 Å². The smallest absolute Gasteiger partial charge is 0.121 e. The number of ether oxygens (including phenoxy) is 1. The van der Waals surface area contributed by atoms with E-state index in [2.05, 4.69) is 29.6 Å². The van der Waals surface area contributed by atoms with Gasteiger partial charge >= 0.3 is 0 Å². The molecule has 1 unspecified atom stereocenters. The SMILES string of the molecule is [2H]C([2H])(O)c1cc(C(O)CNCCCCCCOCCCCc2ccccc2)ccc1O. The average molecular weight is 418 g/mol. The molecule has 0 fully saturated rings. The normalized spacial score (nSPS) is 13.7. The van der Waals surface area contributed by atoms with Crippen LogP contribution in [0.15, 0.2) is 48.5 Å². The summed E-state index contributed by atoms with van der Waals surface area (Å²) in [5, 5.41) is 32.6. The van der Waals surface area contributed by atoms with E-state index in [9.17, 15) is 15.3 Å². The second kappa shape index (κ2) is 15.0. The Kier molecular flexibility index (Phi) is 10.6. The molecule has 0 aliphatic heterocycles. The van der Waals surface area contributed by atoms with Gasteiger partial charge in [0, 0.05) is 25.3 Å². The van der Waals surface area contributed by atoms with E-state index in [4.69, 9.17) is 7.48 Å². The zero-order valence-corrected chi connectivity index (χ0v) is 17.7. The van der Waals surface area contributed by atoms with Crippen molar-refractivity contribution in [1.29, 1.82) is 0 Å². The van der Waals surface area contributed by atoms with Gasteiger partial charge in [0.05, 0.1) is 15.4 Å². The van der Waals surface area contributed by atoms with Gasteiger partial charge in [-0.3, -0.25) is 0 Å². The van der Waals surface area contributed by atoms with Crippen molar-refractivity contribution in [3.63, 3.8) is 0 Å². The number of hydrogen-bond acceptors (Lipinski definition) is 5. The Balaban J connectivity index is 1.44. The van der Waals surface area contributed by atoms with Gasteiger partial charge in [0.25, 0.3) is 0 Å². The van der Waals surface area contributed by atoms with E-state index in [-0.39, 0.29) is 11.3 Å². The molecule has 0 aromatic heterocycles. The van der Waals surface area contributed by atoms with Gasteiger partial charge in [0.2, 0.25) is 0 Å². The average Bonchev–Trinajstić information content (AvgIpc) is 2.77. The highest BCUT2D eigenvalue weighted by molar-refractivity contribution is 5.36. The fraction of sp³-hybridized carbons (Fsp3) is 0.520. The number of nitrogens with one attached hydrogen (secondary N) is 1. The van der Waals surface area contributed by atoms with Crippen LogP contribution in [-0.4, -0.2) is 41.6 Å². The summed E-state index contributed by atoms with van der Waals surface area (Å²) in [7, 11) is 0. The van der Waals surface area contributed by atoms with Crippen molar-refractivity contribution >= 4 is 0 Å². The van der Waals surface area contributed by atoms with Gasteiger partial charge in [-0.15, -0.1) is 0 Å². The Morgan fingerprint density at radius 3 is 2.43 bits per heavy atom. The largest absolute Gasteiger partial charge is 0.508 e. The van der Waals surface area contributed by atoms with Crippen LogP contribution in [0.25, 0.3) is 0 Å². The summed E-state index contributed by atoms with van der Waals surface area (Å²) in [5.41, 5.74) is 1.59. The van der Waals surface area contributed by atoms with Gasteiger partial charge in [-0.05, 0) is 61.9 Å². The third kappa shape index (κ3) is 9.72. The molecule has 0 amide bonds. The topological polar surface area (TPSA) is 82.0 Å². The fourth-order valence-corrected chi connectivity index (χ4v) is 3.29.